The second-order valence-corrected chi connectivity index (χ2v) is 7.81. The average Bonchev–Trinajstić information content (AvgIpc) is 3.13. The number of amides is 1. The van der Waals surface area contributed by atoms with E-state index in [1.54, 1.807) is 30.3 Å². The average molecular weight is 432 g/mol. The highest BCUT2D eigenvalue weighted by atomic mass is 35.5. The quantitative estimate of drug-likeness (QED) is 0.307. The van der Waals surface area contributed by atoms with Gasteiger partial charge in [-0.05, 0) is 49.2 Å². The molecule has 29 heavy (non-hydrogen) atoms. The van der Waals surface area contributed by atoms with E-state index in [9.17, 15) is 14.9 Å². The molecule has 0 aliphatic rings. The van der Waals surface area contributed by atoms with Crippen LogP contribution in [0.2, 0.25) is 5.02 Å². The highest BCUT2D eigenvalue weighted by Gasteiger charge is 2.13. The van der Waals surface area contributed by atoms with E-state index in [1.165, 1.54) is 29.7 Å². The Labute approximate surface area is 176 Å². The van der Waals surface area contributed by atoms with Gasteiger partial charge in [-0.2, -0.15) is 5.10 Å². The van der Waals surface area contributed by atoms with Crippen LogP contribution >= 0.6 is 22.9 Å². The highest BCUT2D eigenvalue weighted by Crippen LogP contribution is 2.29. The van der Waals surface area contributed by atoms with E-state index >= 15 is 0 Å². The first-order valence-electron chi connectivity index (χ1n) is 8.85. The maximum absolute atomic E-state index is 12.3. The topological polar surface area (TPSA) is 93.8 Å². The van der Waals surface area contributed by atoms with Crippen molar-refractivity contribution in [2.45, 2.75) is 26.4 Å². The van der Waals surface area contributed by atoms with Gasteiger partial charge in [-0.1, -0.05) is 18.5 Å². The monoisotopic (exact) mass is 431 g/mol. The largest absolute Gasteiger partial charge is 0.489 e. The van der Waals surface area contributed by atoms with Gasteiger partial charge < -0.3 is 4.74 Å². The van der Waals surface area contributed by atoms with Crippen LogP contribution in [0.25, 0.3) is 10.1 Å². The molecule has 7 nitrogen and oxygen atoms in total. The van der Waals surface area contributed by atoms with Crippen LogP contribution in [0.15, 0.2) is 47.6 Å². The van der Waals surface area contributed by atoms with Crippen LogP contribution in [0, 0.1) is 10.1 Å². The first-order chi connectivity index (χ1) is 13.9. The molecule has 2 aromatic carbocycles. The third-order valence-electron chi connectivity index (χ3n) is 4.17. The maximum Gasteiger partial charge on any atom is 0.281 e. The maximum atomic E-state index is 12.3. The number of carbonyl (C=O) groups excluding carboxylic acids is 1. The molecule has 0 spiro atoms. The number of halogens is 1. The summed E-state index contributed by atoms with van der Waals surface area (Å²) in [5.74, 6) is 0.203. The number of rotatable bonds is 7. The molecule has 3 aromatic rings. The molecule has 0 unspecified atom stereocenters. The van der Waals surface area contributed by atoms with Crippen LogP contribution in [0.1, 0.15) is 35.5 Å². The van der Waals surface area contributed by atoms with Gasteiger partial charge in [0.15, 0.2) is 0 Å². The number of non-ortho nitro benzene ring substituents is 1. The summed E-state index contributed by atoms with van der Waals surface area (Å²) in [5.41, 5.74) is 3.15. The van der Waals surface area contributed by atoms with Gasteiger partial charge in [0.2, 0.25) is 0 Å². The van der Waals surface area contributed by atoms with Crippen LogP contribution in [0.3, 0.4) is 0 Å². The molecule has 0 bridgehead atoms. The molecule has 1 aromatic heterocycles. The summed E-state index contributed by atoms with van der Waals surface area (Å²) in [6.07, 6.45) is 2.42. The van der Waals surface area contributed by atoms with Crippen LogP contribution in [-0.2, 0) is 0 Å². The molecule has 0 aliphatic heterocycles. The normalized spacial score (nSPS) is 12.2. The zero-order chi connectivity index (χ0) is 21.0. The molecule has 1 amide bonds. The van der Waals surface area contributed by atoms with E-state index in [4.69, 9.17) is 16.3 Å². The first-order valence-corrected chi connectivity index (χ1v) is 10.0. The fraction of sp³-hybridized carbons (Fsp3) is 0.200. The molecule has 1 heterocycles. The van der Waals surface area contributed by atoms with E-state index in [1.807, 2.05) is 13.8 Å². The van der Waals surface area contributed by atoms with Crippen molar-refractivity contribution in [3.8, 4) is 5.75 Å². The SMILES string of the molecule is CC[C@H](C)Oc1ccc(/C=N\NC(=O)c2cc3cc([N+](=O)[O-])ccc3s2)cc1Cl. The molecule has 1 N–H and O–H groups in total. The molecule has 150 valence electrons. The van der Waals surface area contributed by atoms with Crippen LogP contribution in [-0.4, -0.2) is 23.1 Å². The van der Waals surface area contributed by atoms with Gasteiger partial charge in [-0.3, -0.25) is 14.9 Å². The lowest BCUT2D eigenvalue weighted by Gasteiger charge is -2.13. The summed E-state index contributed by atoms with van der Waals surface area (Å²) in [6.45, 7) is 3.99. The van der Waals surface area contributed by atoms with E-state index < -0.39 is 10.8 Å². The number of hydrogen-bond donors (Lipinski definition) is 1. The van der Waals surface area contributed by atoms with Gasteiger partial charge in [0.25, 0.3) is 11.6 Å². The Morgan fingerprint density at radius 1 is 1.34 bits per heavy atom. The lowest BCUT2D eigenvalue weighted by atomic mass is 10.2. The van der Waals surface area contributed by atoms with E-state index in [0.29, 0.717) is 26.6 Å². The van der Waals surface area contributed by atoms with E-state index in [0.717, 1.165) is 11.1 Å². The van der Waals surface area contributed by atoms with Gasteiger partial charge in [-0.15, -0.1) is 11.3 Å². The predicted molar refractivity (Wildman–Crippen MR) is 115 cm³/mol. The molecule has 0 saturated carbocycles. The van der Waals surface area contributed by atoms with Gasteiger partial charge in [0.05, 0.1) is 27.1 Å². The van der Waals surface area contributed by atoms with Gasteiger partial charge in [0.1, 0.15) is 5.75 Å². The lowest BCUT2D eigenvalue weighted by Crippen LogP contribution is -2.16. The van der Waals surface area contributed by atoms with Crippen LogP contribution < -0.4 is 10.2 Å². The molecule has 1 atom stereocenters. The number of nitro benzene ring substituents is 1. The number of benzene rings is 2. The van der Waals surface area contributed by atoms with Gasteiger partial charge >= 0.3 is 0 Å². The Balaban J connectivity index is 1.67. The Morgan fingerprint density at radius 2 is 2.14 bits per heavy atom. The van der Waals surface area contributed by atoms with Crippen molar-refractivity contribution in [2.75, 3.05) is 0 Å². The fourth-order valence-electron chi connectivity index (χ4n) is 2.47. The van der Waals surface area contributed by atoms with Gasteiger partial charge in [0, 0.05) is 22.2 Å². The Morgan fingerprint density at radius 3 is 2.83 bits per heavy atom. The van der Waals surface area contributed by atoms with Crippen molar-refractivity contribution in [3.05, 3.63) is 68.0 Å². The minimum absolute atomic E-state index is 0.0158. The number of ether oxygens (including phenoxy) is 1. The van der Waals surface area contributed by atoms with E-state index in [-0.39, 0.29) is 11.8 Å². The van der Waals surface area contributed by atoms with Crippen molar-refractivity contribution in [2.24, 2.45) is 5.10 Å². The molecule has 0 saturated heterocycles. The van der Waals surface area contributed by atoms with E-state index in [2.05, 4.69) is 10.5 Å². The minimum Gasteiger partial charge on any atom is -0.489 e. The number of hydrazone groups is 1. The van der Waals surface area contributed by atoms with Crippen LogP contribution in [0.4, 0.5) is 5.69 Å². The zero-order valence-corrected chi connectivity index (χ0v) is 17.3. The number of nitro groups is 1. The number of fused-ring (bicyclic) bond motifs is 1. The van der Waals surface area contributed by atoms with Crippen molar-refractivity contribution in [1.29, 1.82) is 0 Å². The Hall–Kier alpha value is -2.97. The first kappa shape index (κ1) is 20.8. The predicted octanol–water partition coefficient (Wildman–Crippen LogP) is 5.40. The fourth-order valence-corrected chi connectivity index (χ4v) is 3.64. The molecule has 3 rings (SSSR count). The highest BCUT2D eigenvalue weighted by molar-refractivity contribution is 7.20. The standard InChI is InChI=1S/C20H18ClN3O4S/c1-3-12(2)28-17-6-4-13(8-16(17)21)11-22-23-20(25)19-10-14-9-15(24(26)27)5-7-18(14)29-19/h4-12H,3H2,1-2H3,(H,23,25)/b22-11-/t12-/m0/s1. The third-order valence-corrected chi connectivity index (χ3v) is 5.58. The number of hydrogen-bond acceptors (Lipinski definition) is 6. The minimum atomic E-state index is -0.467. The Kier molecular flexibility index (Phi) is 6.46. The molecule has 0 fully saturated rings. The molecular weight excluding hydrogens is 414 g/mol. The van der Waals surface area contributed by atoms with Gasteiger partial charge in [-0.25, -0.2) is 5.43 Å². The summed E-state index contributed by atoms with van der Waals surface area (Å²) < 4.78 is 6.50. The molecule has 0 radical (unpaired) electrons. The third kappa shape index (κ3) is 5.10. The number of nitrogens with zero attached hydrogens (tertiary/aromatic N) is 2. The molecule has 9 heteroatoms. The number of thiophene rings is 1. The van der Waals surface area contributed by atoms with Crippen molar-refractivity contribution in [3.63, 3.8) is 0 Å². The Bertz CT molecular complexity index is 1100. The summed E-state index contributed by atoms with van der Waals surface area (Å²) in [4.78, 5) is 23.1. The van der Waals surface area contributed by atoms with Crippen molar-refractivity contribution < 1.29 is 14.5 Å². The lowest BCUT2D eigenvalue weighted by molar-refractivity contribution is -0.384. The summed E-state index contributed by atoms with van der Waals surface area (Å²) >= 11 is 7.47. The smallest absolute Gasteiger partial charge is 0.281 e. The van der Waals surface area contributed by atoms with Crippen molar-refractivity contribution >= 4 is 50.8 Å². The second kappa shape index (κ2) is 9.02. The summed E-state index contributed by atoms with van der Waals surface area (Å²) in [7, 11) is 0. The molecule has 0 aliphatic carbocycles. The second-order valence-electron chi connectivity index (χ2n) is 6.32. The molecular formula is C20H18ClN3O4S. The zero-order valence-electron chi connectivity index (χ0n) is 15.7. The summed E-state index contributed by atoms with van der Waals surface area (Å²) in [6, 6.07) is 11.3. The number of carbonyl (C=O) groups is 1. The van der Waals surface area contributed by atoms with Crippen molar-refractivity contribution in [1.82, 2.24) is 5.43 Å². The van der Waals surface area contributed by atoms with Crippen LogP contribution in [0.5, 0.6) is 5.75 Å². The summed E-state index contributed by atoms with van der Waals surface area (Å²) in [5, 5.41) is 15.9. The number of nitrogens with one attached hydrogen (secondary N) is 1.